The maximum atomic E-state index is 13.0. The number of piperidine rings is 1. The normalized spacial score (nSPS) is 14.7. The third kappa shape index (κ3) is 5.31. The molecule has 3 heterocycles. The van der Waals surface area contributed by atoms with E-state index >= 15 is 0 Å². The summed E-state index contributed by atoms with van der Waals surface area (Å²) in [5, 5.41) is 7.95. The second-order valence-electron chi connectivity index (χ2n) is 9.15. The molecular formula is C27H24F3N7O. The standard InChI is InChI=1S/C27H24F3N7O/c1-36-12-10-21(11-13-36)37-25-23(24(31)32-16-33-25)22(35-37)9-8-17-4-2-7-20(14-17)34-26(38)18-5-3-6-19(15-18)27(28,29)30/h2-7,14-16,21H,10-13H2,1H3,(H,34,38)(H2,31,32,33). The van der Waals surface area contributed by atoms with Gasteiger partial charge in [0, 0.05) is 16.8 Å². The van der Waals surface area contributed by atoms with Crippen molar-refractivity contribution in [1.29, 1.82) is 0 Å². The monoisotopic (exact) mass is 519 g/mol. The molecule has 8 nitrogen and oxygen atoms in total. The molecule has 3 N–H and O–H groups in total. The topological polar surface area (TPSA) is 102 Å². The summed E-state index contributed by atoms with van der Waals surface area (Å²) in [6.45, 7) is 1.90. The van der Waals surface area contributed by atoms with Gasteiger partial charge < -0.3 is 16.0 Å². The number of carbonyl (C=O) groups excluding carboxylic acids is 1. The molecule has 1 amide bonds. The smallest absolute Gasteiger partial charge is 0.383 e. The van der Waals surface area contributed by atoms with Crippen LogP contribution in [0.1, 0.15) is 46.1 Å². The Labute approximate surface area is 216 Å². The van der Waals surface area contributed by atoms with Gasteiger partial charge in [-0.15, -0.1) is 0 Å². The number of nitrogens with one attached hydrogen (secondary N) is 1. The maximum absolute atomic E-state index is 13.0. The van der Waals surface area contributed by atoms with Gasteiger partial charge in [-0.05, 0) is 75.3 Å². The Balaban J connectivity index is 1.40. The van der Waals surface area contributed by atoms with Crippen molar-refractivity contribution in [2.24, 2.45) is 0 Å². The van der Waals surface area contributed by atoms with Crippen molar-refractivity contribution < 1.29 is 18.0 Å². The number of amides is 1. The second-order valence-corrected chi connectivity index (χ2v) is 9.15. The molecule has 0 bridgehead atoms. The van der Waals surface area contributed by atoms with Crippen molar-refractivity contribution in [3.63, 3.8) is 0 Å². The largest absolute Gasteiger partial charge is 0.416 e. The minimum absolute atomic E-state index is 0.0993. The summed E-state index contributed by atoms with van der Waals surface area (Å²) in [5.74, 6) is 5.73. The number of hydrogen-bond acceptors (Lipinski definition) is 6. The lowest BCUT2D eigenvalue weighted by Crippen LogP contribution is -2.32. The van der Waals surface area contributed by atoms with E-state index in [1.54, 1.807) is 24.3 Å². The minimum atomic E-state index is -4.54. The second kappa shape index (κ2) is 10.1. The van der Waals surface area contributed by atoms with E-state index in [0.29, 0.717) is 33.8 Å². The maximum Gasteiger partial charge on any atom is 0.416 e. The molecule has 0 aliphatic carbocycles. The highest BCUT2D eigenvalue weighted by Crippen LogP contribution is 2.30. The molecule has 11 heteroatoms. The van der Waals surface area contributed by atoms with E-state index < -0.39 is 17.6 Å². The molecule has 0 atom stereocenters. The Kier molecular flexibility index (Phi) is 6.73. The fourth-order valence-corrected chi connectivity index (χ4v) is 4.42. The molecule has 2 aromatic heterocycles. The molecule has 38 heavy (non-hydrogen) atoms. The van der Waals surface area contributed by atoms with Crippen molar-refractivity contribution in [3.05, 3.63) is 77.2 Å². The van der Waals surface area contributed by atoms with Gasteiger partial charge >= 0.3 is 6.18 Å². The summed E-state index contributed by atoms with van der Waals surface area (Å²) in [4.78, 5) is 23.4. The Hall–Kier alpha value is -4.43. The fourth-order valence-electron chi connectivity index (χ4n) is 4.42. The molecule has 1 aliphatic rings. The molecular weight excluding hydrogens is 495 g/mol. The highest BCUT2D eigenvalue weighted by Gasteiger charge is 2.31. The van der Waals surface area contributed by atoms with Crippen LogP contribution in [-0.2, 0) is 6.18 Å². The van der Waals surface area contributed by atoms with Gasteiger partial charge in [0.15, 0.2) is 5.65 Å². The van der Waals surface area contributed by atoms with Gasteiger partial charge in [0.1, 0.15) is 17.8 Å². The number of carbonyl (C=O) groups is 1. The van der Waals surface area contributed by atoms with Gasteiger partial charge in [-0.25, -0.2) is 14.6 Å². The van der Waals surface area contributed by atoms with E-state index in [0.717, 1.165) is 38.1 Å². The Morgan fingerprint density at radius 2 is 1.84 bits per heavy atom. The first-order valence-electron chi connectivity index (χ1n) is 12.0. The summed E-state index contributed by atoms with van der Waals surface area (Å²) in [7, 11) is 2.09. The van der Waals surface area contributed by atoms with Crippen LogP contribution in [-0.4, -0.2) is 50.7 Å². The Morgan fingerprint density at radius 1 is 1.08 bits per heavy atom. The van der Waals surface area contributed by atoms with E-state index in [1.165, 1.54) is 18.5 Å². The number of nitrogens with zero attached hydrogens (tertiary/aromatic N) is 5. The average molecular weight is 520 g/mol. The third-order valence-electron chi connectivity index (χ3n) is 6.45. The number of fused-ring (bicyclic) bond motifs is 1. The SMILES string of the molecule is CN1CCC(n2nc(C#Cc3cccc(NC(=O)c4cccc(C(F)(F)F)c4)c3)c3c(N)ncnc32)CC1. The first kappa shape index (κ1) is 25.2. The number of nitrogens with two attached hydrogens (primary N) is 1. The lowest BCUT2D eigenvalue weighted by Gasteiger charge is -2.29. The van der Waals surface area contributed by atoms with Crippen LogP contribution in [0, 0.1) is 11.8 Å². The number of likely N-dealkylation sites (tertiary alicyclic amines) is 1. The first-order chi connectivity index (χ1) is 18.2. The van der Waals surface area contributed by atoms with E-state index in [4.69, 9.17) is 10.8 Å². The summed E-state index contributed by atoms with van der Waals surface area (Å²) >= 11 is 0. The first-order valence-corrected chi connectivity index (χ1v) is 12.0. The van der Waals surface area contributed by atoms with E-state index in [1.807, 2.05) is 4.68 Å². The van der Waals surface area contributed by atoms with Crippen LogP contribution in [0.15, 0.2) is 54.9 Å². The minimum Gasteiger partial charge on any atom is -0.383 e. The number of aromatic nitrogens is 4. The zero-order valence-electron chi connectivity index (χ0n) is 20.5. The van der Waals surface area contributed by atoms with Crippen molar-refractivity contribution in [1.82, 2.24) is 24.6 Å². The predicted octanol–water partition coefficient (Wildman–Crippen LogP) is 4.35. The van der Waals surface area contributed by atoms with Crippen LogP contribution in [0.2, 0.25) is 0 Å². The van der Waals surface area contributed by atoms with Gasteiger partial charge in [0.25, 0.3) is 5.91 Å². The third-order valence-corrected chi connectivity index (χ3v) is 6.45. The molecule has 194 valence electrons. The van der Waals surface area contributed by atoms with Gasteiger partial charge in [-0.3, -0.25) is 4.79 Å². The van der Waals surface area contributed by atoms with Gasteiger partial charge in [0.2, 0.25) is 0 Å². The average Bonchev–Trinajstić information content (AvgIpc) is 3.28. The van der Waals surface area contributed by atoms with Gasteiger partial charge in [-0.2, -0.15) is 18.3 Å². The summed E-state index contributed by atoms with van der Waals surface area (Å²) < 4.78 is 40.9. The van der Waals surface area contributed by atoms with Crippen molar-refractivity contribution in [2.75, 3.05) is 31.2 Å². The summed E-state index contributed by atoms with van der Waals surface area (Å²) in [6.07, 6.45) is -1.27. The van der Waals surface area contributed by atoms with E-state index in [2.05, 4.69) is 39.1 Å². The molecule has 0 unspecified atom stereocenters. The highest BCUT2D eigenvalue weighted by molar-refractivity contribution is 6.04. The van der Waals surface area contributed by atoms with Crippen molar-refractivity contribution in [2.45, 2.75) is 25.1 Å². The number of nitrogen functional groups attached to an aromatic ring is 1. The molecule has 1 saturated heterocycles. The van der Waals surface area contributed by atoms with Crippen LogP contribution >= 0.6 is 0 Å². The number of rotatable bonds is 3. The van der Waals surface area contributed by atoms with Crippen molar-refractivity contribution >= 4 is 28.4 Å². The molecule has 0 spiro atoms. The van der Waals surface area contributed by atoms with Crippen LogP contribution in [0.5, 0.6) is 0 Å². The van der Waals surface area contributed by atoms with E-state index in [-0.39, 0.29) is 11.6 Å². The quantitative estimate of drug-likeness (QED) is 0.391. The zero-order valence-corrected chi connectivity index (χ0v) is 20.5. The molecule has 4 aromatic rings. The number of benzene rings is 2. The predicted molar refractivity (Wildman–Crippen MR) is 137 cm³/mol. The fraction of sp³-hybridized carbons (Fsp3) is 0.259. The summed E-state index contributed by atoms with van der Waals surface area (Å²) in [6, 6.07) is 11.1. The Morgan fingerprint density at radius 3 is 2.61 bits per heavy atom. The van der Waals surface area contributed by atoms with Gasteiger partial charge in [-0.1, -0.05) is 18.1 Å². The van der Waals surface area contributed by atoms with Crippen LogP contribution < -0.4 is 11.1 Å². The molecule has 5 rings (SSSR count). The number of halogens is 3. The molecule has 0 radical (unpaired) electrons. The lowest BCUT2D eigenvalue weighted by molar-refractivity contribution is -0.137. The van der Waals surface area contributed by atoms with Crippen LogP contribution in [0.4, 0.5) is 24.7 Å². The van der Waals surface area contributed by atoms with Crippen LogP contribution in [0.3, 0.4) is 0 Å². The lowest BCUT2D eigenvalue weighted by atomic mass is 10.1. The molecule has 2 aromatic carbocycles. The number of alkyl halides is 3. The zero-order chi connectivity index (χ0) is 26.9. The highest BCUT2D eigenvalue weighted by atomic mass is 19.4. The van der Waals surface area contributed by atoms with Crippen molar-refractivity contribution in [3.8, 4) is 11.8 Å². The van der Waals surface area contributed by atoms with Gasteiger partial charge in [0.05, 0.1) is 17.0 Å². The van der Waals surface area contributed by atoms with Crippen LogP contribution in [0.25, 0.3) is 11.0 Å². The summed E-state index contributed by atoms with van der Waals surface area (Å²) in [5.41, 5.74) is 7.23. The number of hydrogen-bond donors (Lipinski definition) is 2. The Bertz CT molecular complexity index is 1560. The molecule has 0 saturated carbocycles. The molecule has 1 aliphatic heterocycles. The molecule has 1 fully saturated rings. The van der Waals surface area contributed by atoms with E-state index in [9.17, 15) is 18.0 Å². The number of anilines is 2.